The molecule has 3 unspecified atom stereocenters. The number of halogens is 4. The van der Waals surface area contributed by atoms with Gasteiger partial charge in [-0.05, 0) is 51.9 Å². The fraction of sp³-hybridized carbons (Fsp3) is 0.625. The fourth-order valence-corrected chi connectivity index (χ4v) is 7.58. The van der Waals surface area contributed by atoms with Crippen LogP contribution in [0.2, 0.25) is 0 Å². The van der Waals surface area contributed by atoms with Crippen LogP contribution in [0.5, 0.6) is 5.75 Å². The Morgan fingerprint density at radius 1 is 1.24 bits per heavy atom. The minimum absolute atomic E-state index is 0.126. The molecule has 0 saturated heterocycles. The van der Waals surface area contributed by atoms with Crippen LogP contribution in [0.3, 0.4) is 0 Å². The van der Waals surface area contributed by atoms with Crippen LogP contribution in [-0.4, -0.2) is 15.8 Å². The highest BCUT2D eigenvalue weighted by Crippen LogP contribution is 2.56. The van der Waals surface area contributed by atoms with Crippen molar-refractivity contribution in [1.82, 2.24) is 0 Å². The van der Waals surface area contributed by atoms with Gasteiger partial charge in [-0.3, -0.25) is 0 Å². The molecule has 21 heavy (non-hydrogen) atoms. The molecule has 0 aromatic heterocycles. The summed E-state index contributed by atoms with van der Waals surface area (Å²) in [4.78, 5) is 0.511. The van der Waals surface area contributed by atoms with E-state index in [1.165, 1.54) is 12.0 Å². The third kappa shape index (κ3) is 2.89. The summed E-state index contributed by atoms with van der Waals surface area (Å²) in [5.41, 5.74) is 1.44. The van der Waals surface area contributed by atoms with E-state index < -0.39 is 0 Å². The van der Waals surface area contributed by atoms with Crippen molar-refractivity contribution in [3.8, 4) is 5.75 Å². The molecule has 0 bridgehead atoms. The Morgan fingerprint density at radius 3 is 2.62 bits per heavy atom. The molecule has 3 rings (SSSR count). The van der Waals surface area contributed by atoms with E-state index in [4.69, 9.17) is 4.74 Å². The summed E-state index contributed by atoms with van der Waals surface area (Å²) in [6, 6.07) is 4.27. The molecule has 1 aliphatic heterocycles. The van der Waals surface area contributed by atoms with Gasteiger partial charge in [-0.25, -0.2) is 0 Å². The first kappa shape index (κ1) is 16.8. The Bertz CT molecular complexity index is 572. The predicted octanol–water partition coefficient (Wildman–Crippen LogP) is 6.48. The molecule has 5 heteroatoms. The standard InChI is InChI=1S/C16H18Br4O/c1-15(2)6-11(19)7-16(8-17)13(15)4-9-3-10(18)5-12(20)14(9)21-16/h3,5,11,13H,4,6-8H2,1-2H3. The number of rotatable bonds is 1. The van der Waals surface area contributed by atoms with Crippen LogP contribution in [0.25, 0.3) is 0 Å². The van der Waals surface area contributed by atoms with Crippen LogP contribution in [0.4, 0.5) is 0 Å². The van der Waals surface area contributed by atoms with E-state index >= 15 is 0 Å². The quantitative estimate of drug-likeness (QED) is 0.367. The third-order valence-electron chi connectivity index (χ3n) is 4.93. The zero-order valence-electron chi connectivity index (χ0n) is 12.1. The lowest BCUT2D eigenvalue weighted by Crippen LogP contribution is -2.59. The molecule has 1 aliphatic carbocycles. The molecular weight excluding hydrogens is 528 g/mol. The molecule has 1 saturated carbocycles. The number of ether oxygens (including phenoxy) is 1. The van der Waals surface area contributed by atoms with E-state index in [2.05, 4.69) is 89.7 Å². The Hall–Kier alpha value is 0.940. The van der Waals surface area contributed by atoms with Gasteiger partial charge in [0.2, 0.25) is 0 Å². The fourth-order valence-electron chi connectivity index (χ4n) is 4.07. The molecule has 1 heterocycles. The van der Waals surface area contributed by atoms with E-state index in [1.54, 1.807) is 0 Å². The maximum atomic E-state index is 6.62. The Morgan fingerprint density at radius 2 is 1.95 bits per heavy atom. The first-order chi connectivity index (χ1) is 9.77. The average Bonchev–Trinajstić information content (AvgIpc) is 2.37. The summed E-state index contributed by atoms with van der Waals surface area (Å²) in [6.07, 6.45) is 3.32. The molecule has 1 aromatic rings. The lowest BCUT2D eigenvalue weighted by atomic mass is 9.59. The Balaban J connectivity index is 2.11. The molecule has 1 nitrogen and oxygen atoms in total. The highest BCUT2D eigenvalue weighted by molar-refractivity contribution is 9.11. The summed E-state index contributed by atoms with van der Waals surface area (Å²) in [7, 11) is 0. The minimum Gasteiger partial charge on any atom is -0.485 e. The summed E-state index contributed by atoms with van der Waals surface area (Å²) in [6.45, 7) is 4.76. The molecule has 116 valence electrons. The lowest BCUT2D eigenvalue weighted by Gasteiger charge is -2.55. The molecule has 0 spiro atoms. The first-order valence-corrected chi connectivity index (χ1v) is 10.8. The van der Waals surface area contributed by atoms with Crippen LogP contribution in [0.1, 0.15) is 32.3 Å². The van der Waals surface area contributed by atoms with Crippen molar-refractivity contribution < 1.29 is 4.74 Å². The largest absolute Gasteiger partial charge is 0.485 e. The molecular formula is C16H18Br4O. The SMILES string of the molecule is CC1(C)CC(Br)CC2(CBr)Oc3c(Br)cc(Br)cc3CC12. The van der Waals surface area contributed by atoms with Crippen LogP contribution in [-0.2, 0) is 6.42 Å². The monoisotopic (exact) mass is 542 g/mol. The molecule has 0 N–H and O–H groups in total. The van der Waals surface area contributed by atoms with Crippen molar-refractivity contribution >= 4 is 63.7 Å². The van der Waals surface area contributed by atoms with Gasteiger partial charge >= 0.3 is 0 Å². The van der Waals surface area contributed by atoms with Gasteiger partial charge in [-0.2, -0.15) is 0 Å². The summed E-state index contributed by atoms with van der Waals surface area (Å²) < 4.78 is 8.77. The first-order valence-electron chi connectivity index (χ1n) is 7.14. The zero-order chi connectivity index (χ0) is 15.4. The van der Waals surface area contributed by atoms with E-state index in [9.17, 15) is 0 Å². The molecule has 0 amide bonds. The molecule has 3 atom stereocenters. The smallest absolute Gasteiger partial charge is 0.137 e. The van der Waals surface area contributed by atoms with Gasteiger partial charge < -0.3 is 4.74 Å². The number of fused-ring (bicyclic) bond motifs is 2. The normalized spacial score (nSPS) is 33.8. The van der Waals surface area contributed by atoms with Crippen LogP contribution >= 0.6 is 63.7 Å². The van der Waals surface area contributed by atoms with Gasteiger partial charge in [0.25, 0.3) is 0 Å². The number of hydrogen-bond acceptors (Lipinski definition) is 1. The Labute approximate surface area is 160 Å². The lowest BCUT2D eigenvalue weighted by molar-refractivity contribution is -0.0744. The summed E-state index contributed by atoms with van der Waals surface area (Å²) in [5, 5.41) is 0.873. The molecule has 1 fully saturated rings. The van der Waals surface area contributed by atoms with E-state index in [1.807, 2.05) is 0 Å². The third-order valence-corrected chi connectivity index (χ3v) is 7.58. The molecule has 1 aromatic carbocycles. The van der Waals surface area contributed by atoms with E-state index in [0.717, 1.165) is 32.9 Å². The highest BCUT2D eigenvalue weighted by atomic mass is 79.9. The maximum absolute atomic E-state index is 6.62. The second kappa shape index (κ2) is 5.78. The number of alkyl halides is 2. The van der Waals surface area contributed by atoms with Crippen LogP contribution in [0, 0.1) is 11.3 Å². The summed E-state index contributed by atoms with van der Waals surface area (Å²) in [5.74, 6) is 1.54. The number of hydrogen-bond donors (Lipinski definition) is 0. The van der Waals surface area contributed by atoms with Crippen LogP contribution in [0.15, 0.2) is 21.1 Å². The second-order valence-corrected chi connectivity index (χ2v) is 10.6. The molecule has 0 radical (unpaired) electrons. The van der Waals surface area contributed by atoms with Gasteiger partial charge in [-0.1, -0.05) is 61.6 Å². The van der Waals surface area contributed by atoms with Gasteiger partial charge in [0.05, 0.1) is 4.47 Å². The van der Waals surface area contributed by atoms with E-state index in [-0.39, 0.29) is 11.0 Å². The van der Waals surface area contributed by atoms with Crippen molar-refractivity contribution in [2.75, 3.05) is 5.33 Å². The van der Waals surface area contributed by atoms with Gasteiger partial charge in [0.1, 0.15) is 11.4 Å². The van der Waals surface area contributed by atoms with Gasteiger partial charge in [0.15, 0.2) is 0 Å². The van der Waals surface area contributed by atoms with Crippen molar-refractivity contribution in [3.05, 3.63) is 26.6 Å². The second-order valence-electron chi connectivity index (χ2n) is 6.93. The highest BCUT2D eigenvalue weighted by Gasteiger charge is 2.55. The zero-order valence-corrected chi connectivity index (χ0v) is 18.4. The van der Waals surface area contributed by atoms with Crippen LogP contribution < -0.4 is 4.74 Å². The predicted molar refractivity (Wildman–Crippen MR) is 102 cm³/mol. The summed E-state index contributed by atoms with van der Waals surface area (Å²) >= 11 is 14.9. The van der Waals surface area contributed by atoms with Gasteiger partial charge in [-0.15, -0.1) is 0 Å². The average molecular weight is 546 g/mol. The van der Waals surface area contributed by atoms with Crippen molar-refractivity contribution in [3.63, 3.8) is 0 Å². The van der Waals surface area contributed by atoms with Gasteiger partial charge in [0, 0.05) is 27.0 Å². The van der Waals surface area contributed by atoms with E-state index in [0.29, 0.717) is 10.7 Å². The number of benzene rings is 1. The van der Waals surface area contributed by atoms with Crippen molar-refractivity contribution in [2.45, 2.75) is 43.5 Å². The molecule has 2 aliphatic rings. The topological polar surface area (TPSA) is 9.23 Å². The Kier molecular flexibility index (Phi) is 4.62. The van der Waals surface area contributed by atoms with Crippen molar-refractivity contribution in [1.29, 1.82) is 0 Å². The maximum Gasteiger partial charge on any atom is 0.137 e. The van der Waals surface area contributed by atoms with Crippen molar-refractivity contribution in [2.24, 2.45) is 11.3 Å². The minimum atomic E-state index is -0.126.